The summed E-state index contributed by atoms with van der Waals surface area (Å²) in [6.07, 6.45) is 2.66. The summed E-state index contributed by atoms with van der Waals surface area (Å²) in [6, 6.07) is 6.79. The van der Waals surface area contributed by atoms with Gasteiger partial charge in [-0.2, -0.15) is 10.4 Å². The fraction of sp³-hybridized carbons (Fsp3) is 0.143. The number of alkyl halides is 1. The Bertz CT molecular complexity index is 1050. The molecule has 3 aromatic rings. The first kappa shape index (κ1) is 16.6. The Balaban J connectivity index is 2.01. The number of sulfonamides is 1. The van der Waals surface area contributed by atoms with E-state index >= 15 is 0 Å². The second kappa shape index (κ2) is 6.36. The highest BCUT2D eigenvalue weighted by Gasteiger charge is 2.22. The van der Waals surface area contributed by atoms with Crippen molar-refractivity contribution < 1.29 is 8.42 Å². The third kappa shape index (κ3) is 2.94. The van der Waals surface area contributed by atoms with Crippen LogP contribution in [-0.4, -0.2) is 29.1 Å². The van der Waals surface area contributed by atoms with Gasteiger partial charge in [0.15, 0.2) is 5.69 Å². The number of halogens is 2. The highest BCUT2D eigenvalue weighted by molar-refractivity contribution is 7.93. The Hall–Kier alpha value is -2.21. The fourth-order valence-electron chi connectivity index (χ4n) is 2.32. The van der Waals surface area contributed by atoms with E-state index < -0.39 is 10.0 Å². The zero-order valence-electron chi connectivity index (χ0n) is 12.1. The number of hydrogen-bond donors (Lipinski definition) is 2. The van der Waals surface area contributed by atoms with Gasteiger partial charge in [0.05, 0.1) is 12.7 Å². The summed E-state index contributed by atoms with van der Waals surface area (Å²) in [5, 5.41) is 14.2. The van der Waals surface area contributed by atoms with Crippen LogP contribution in [0.1, 0.15) is 5.69 Å². The Morgan fingerprint density at radius 2 is 2.21 bits per heavy atom. The Morgan fingerprint density at radius 1 is 1.42 bits per heavy atom. The second-order valence-corrected chi connectivity index (χ2v) is 7.34. The highest BCUT2D eigenvalue weighted by Crippen LogP contribution is 2.27. The van der Waals surface area contributed by atoms with E-state index in [1.165, 1.54) is 17.1 Å². The van der Waals surface area contributed by atoms with E-state index in [4.69, 9.17) is 23.2 Å². The van der Waals surface area contributed by atoms with Gasteiger partial charge in [-0.3, -0.25) is 9.40 Å². The summed E-state index contributed by atoms with van der Waals surface area (Å²) >= 11 is 11.5. The number of nitrogens with one attached hydrogen (secondary N) is 2. The lowest BCUT2D eigenvalue weighted by Gasteiger charge is -2.06. The predicted molar refractivity (Wildman–Crippen MR) is 91.8 cm³/mol. The number of aryl methyl sites for hydroxylation is 1. The van der Waals surface area contributed by atoms with Crippen LogP contribution < -0.4 is 4.72 Å². The van der Waals surface area contributed by atoms with Crippen molar-refractivity contribution >= 4 is 49.8 Å². The summed E-state index contributed by atoms with van der Waals surface area (Å²) in [5.41, 5.74) is 0.800. The van der Waals surface area contributed by atoms with Gasteiger partial charge in [-0.25, -0.2) is 8.42 Å². The number of H-pyrrole nitrogens is 1. The Labute approximate surface area is 147 Å². The van der Waals surface area contributed by atoms with Crippen LogP contribution in [0.2, 0.25) is 5.02 Å². The molecule has 124 valence electrons. The van der Waals surface area contributed by atoms with Crippen LogP contribution in [0.3, 0.4) is 0 Å². The lowest BCUT2D eigenvalue weighted by atomic mass is 10.2. The first-order chi connectivity index (χ1) is 11.5. The van der Waals surface area contributed by atoms with Crippen molar-refractivity contribution in [2.75, 3.05) is 10.6 Å². The minimum Gasteiger partial charge on any atom is -0.360 e. The Kier molecular flexibility index (Phi) is 4.41. The molecule has 0 spiro atoms. The summed E-state index contributed by atoms with van der Waals surface area (Å²) in [4.78, 5) is 2.93. The van der Waals surface area contributed by atoms with Gasteiger partial charge in [0, 0.05) is 28.0 Å². The topological polar surface area (TPSA) is 104 Å². The van der Waals surface area contributed by atoms with Crippen LogP contribution in [0.25, 0.3) is 10.9 Å². The molecule has 2 N–H and O–H groups in total. The lowest BCUT2D eigenvalue weighted by molar-refractivity contribution is 0.602. The van der Waals surface area contributed by atoms with E-state index in [9.17, 15) is 13.7 Å². The van der Waals surface area contributed by atoms with Gasteiger partial charge in [-0.1, -0.05) is 11.6 Å². The number of benzene rings is 1. The molecule has 3 rings (SSSR count). The van der Waals surface area contributed by atoms with Gasteiger partial charge >= 0.3 is 0 Å². The summed E-state index contributed by atoms with van der Waals surface area (Å²) in [7, 11) is -3.91. The number of fused-ring (bicyclic) bond motifs is 1. The monoisotopic (exact) mass is 383 g/mol. The molecule has 0 radical (unpaired) electrons. The standard InChI is InChI=1S/C14H11Cl2N5O2S/c15-3-4-21-13(6-17)12(7-19-21)20-24(22,23)14-8-18-11-5-9(16)1-2-10(11)14/h1-2,5,7-8,18,20H,3-4H2. The second-order valence-electron chi connectivity index (χ2n) is 4.88. The van der Waals surface area contributed by atoms with Crippen LogP contribution in [-0.2, 0) is 16.6 Å². The van der Waals surface area contributed by atoms with E-state index in [2.05, 4.69) is 14.8 Å². The van der Waals surface area contributed by atoms with E-state index in [0.717, 1.165) is 0 Å². The quantitative estimate of drug-likeness (QED) is 0.660. The molecule has 0 bridgehead atoms. The zero-order chi connectivity index (χ0) is 17.3. The largest absolute Gasteiger partial charge is 0.360 e. The van der Waals surface area contributed by atoms with Crippen molar-refractivity contribution in [2.24, 2.45) is 0 Å². The minimum atomic E-state index is -3.91. The van der Waals surface area contributed by atoms with Crippen molar-refractivity contribution in [2.45, 2.75) is 11.4 Å². The van der Waals surface area contributed by atoms with Crippen LogP contribution in [0.4, 0.5) is 5.69 Å². The molecule has 0 aliphatic heterocycles. The zero-order valence-corrected chi connectivity index (χ0v) is 14.5. The molecule has 0 unspecified atom stereocenters. The molecule has 0 aliphatic carbocycles. The molecule has 0 amide bonds. The molecule has 2 heterocycles. The first-order valence-electron chi connectivity index (χ1n) is 6.77. The molecule has 0 saturated heterocycles. The summed E-state index contributed by atoms with van der Waals surface area (Å²) in [5.74, 6) is 0.256. The summed E-state index contributed by atoms with van der Waals surface area (Å²) in [6.45, 7) is 0.303. The normalized spacial score (nSPS) is 11.5. The third-order valence-electron chi connectivity index (χ3n) is 3.38. The van der Waals surface area contributed by atoms with Gasteiger partial charge in [-0.15, -0.1) is 11.6 Å². The number of nitriles is 1. The maximum absolute atomic E-state index is 12.7. The number of hydrogen-bond acceptors (Lipinski definition) is 4. The van der Waals surface area contributed by atoms with Crippen LogP contribution >= 0.6 is 23.2 Å². The molecule has 0 saturated carbocycles. The maximum atomic E-state index is 12.7. The van der Waals surface area contributed by atoms with Crippen LogP contribution in [0.5, 0.6) is 0 Å². The van der Waals surface area contributed by atoms with Gasteiger partial charge in [-0.05, 0) is 18.2 Å². The minimum absolute atomic E-state index is 0.0585. The third-order valence-corrected chi connectivity index (χ3v) is 5.19. The van der Waals surface area contributed by atoms with Gasteiger partial charge in [0.2, 0.25) is 0 Å². The van der Waals surface area contributed by atoms with E-state index in [-0.39, 0.29) is 22.2 Å². The Morgan fingerprint density at radius 3 is 2.92 bits per heavy atom. The van der Waals surface area contributed by atoms with Crippen LogP contribution in [0, 0.1) is 11.3 Å². The average Bonchev–Trinajstić information content (AvgIpc) is 3.11. The fourth-order valence-corrected chi connectivity index (χ4v) is 3.88. The number of anilines is 1. The molecule has 2 aromatic heterocycles. The molecular weight excluding hydrogens is 373 g/mol. The van der Waals surface area contributed by atoms with E-state index in [1.807, 2.05) is 6.07 Å². The van der Waals surface area contributed by atoms with Crippen molar-refractivity contribution in [3.05, 3.63) is 41.3 Å². The van der Waals surface area contributed by atoms with Gasteiger partial charge in [0.25, 0.3) is 10.0 Å². The number of rotatable bonds is 5. The smallest absolute Gasteiger partial charge is 0.264 e. The molecule has 10 heteroatoms. The SMILES string of the molecule is N#Cc1c(NS(=O)(=O)c2c[nH]c3cc(Cl)ccc23)cnn1CCCl. The van der Waals surface area contributed by atoms with E-state index in [0.29, 0.717) is 22.5 Å². The predicted octanol–water partition coefficient (Wildman–Crippen LogP) is 2.93. The van der Waals surface area contributed by atoms with Crippen molar-refractivity contribution in [3.63, 3.8) is 0 Å². The molecule has 0 fully saturated rings. The van der Waals surface area contributed by atoms with Gasteiger partial charge < -0.3 is 4.98 Å². The van der Waals surface area contributed by atoms with Crippen molar-refractivity contribution in [3.8, 4) is 6.07 Å². The molecule has 24 heavy (non-hydrogen) atoms. The number of nitrogens with zero attached hydrogens (tertiary/aromatic N) is 3. The van der Waals surface area contributed by atoms with Crippen LogP contribution in [0.15, 0.2) is 35.5 Å². The van der Waals surface area contributed by atoms with Crippen molar-refractivity contribution in [1.29, 1.82) is 5.26 Å². The van der Waals surface area contributed by atoms with E-state index in [1.54, 1.807) is 18.2 Å². The highest BCUT2D eigenvalue weighted by atomic mass is 35.5. The number of aromatic nitrogens is 3. The first-order valence-corrected chi connectivity index (χ1v) is 9.17. The molecule has 0 atom stereocenters. The average molecular weight is 384 g/mol. The number of aromatic amines is 1. The molecular formula is C14H11Cl2N5O2S. The molecule has 0 aliphatic rings. The molecule has 7 nitrogen and oxygen atoms in total. The van der Waals surface area contributed by atoms with Crippen molar-refractivity contribution in [1.82, 2.24) is 14.8 Å². The maximum Gasteiger partial charge on any atom is 0.264 e. The van der Waals surface area contributed by atoms with Gasteiger partial charge in [0.1, 0.15) is 16.7 Å². The molecule has 1 aromatic carbocycles. The lowest BCUT2D eigenvalue weighted by Crippen LogP contribution is -2.13. The summed E-state index contributed by atoms with van der Waals surface area (Å²) < 4.78 is 29.1.